The minimum absolute atomic E-state index is 0.0600. The van der Waals surface area contributed by atoms with Crippen molar-refractivity contribution in [2.75, 3.05) is 27.4 Å². The number of aliphatic hydroxyl groups is 1. The second-order valence-corrected chi connectivity index (χ2v) is 5.56. The monoisotopic (exact) mass is 339 g/mol. The summed E-state index contributed by atoms with van der Waals surface area (Å²) in [5.74, 6) is 2.39. The maximum absolute atomic E-state index is 9.34. The van der Waals surface area contributed by atoms with Crippen molar-refractivity contribution in [3.05, 3.63) is 40.9 Å². The van der Waals surface area contributed by atoms with E-state index < -0.39 is 0 Å². The van der Waals surface area contributed by atoms with E-state index in [0.717, 1.165) is 22.9 Å². The third kappa shape index (κ3) is 4.37. The molecule has 0 saturated heterocycles. The molecule has 1 aromatic carbocycles. The normalized spacial score (nSPS) is 11.0. The lowest BCUT2D eigenvalue weighted by Crippen LogP contribution is -2.27. The van der Waals surface area contributed by atoms with Gasteiger partial charge in [-0.15, -0.1) is 0 Å². The van der Waals surface area contributed by atoms with Gasteiger partial charge in [0.15, 0.2) is 0 Å². The van der Waals surface area contributed by atoms with E-state index in [1.165, 1.54) is 0 Å². The summed E-state index contributed by atoms with van der Waals surface area (Å²) < 4.78 is 12.5. The minimum Gasteiger partial charge on any atom is -0.497 e. The van der Waals surface area contributed by atoms with Crippen LogP contribution in [0.25, 0.3) is 0 Å². The fourth-order valence-corrected chi connectivity index (χ4v) is 2.52. The molecule has 0 aliphatic heterocycles. The Balaban J connectivity index is 2.20. The zero-order chi connectivity index (χ0) is 16.8. The summed E-state index contributed by atoms with van der Waals surface area (Å²) >= 11 is 6.03. The molecule has 2 rings (SSSR count). The standard InChI is InChI=1S/C16H22ClN3O3/c1-19-15(17)9-18-16(19)11-20(6-7-21)10-12-8-13(22-2)4-5-14(12)23-3/h4-5,8-9,21H,6-7,10-11H2,1-3H3. The number of aliphatic hydroxyl groups excluding tert-OH is 1. The smallest absolute Gasteiger partial charge is 0.128 e. The maximum Gasteiger partial charge on any atom is 0.128 e. The van der Waals surface area contributed by atoms with Crippen LogP contribution in [0.2, 0.25) is 5.15 Å². The van der Waals surface area contributed by atoms with Crippen molar-refractivity contribution < 1.29 is 14.6 Å². The molecule has 0 amide bonds. The van der Waals surface area contributed by atoms with Crippen molar-refractivity contribution >= 4 is 11.6 Å². The van der Waals surface area contributed by atoms with Gasteiger partial charge in [0.1, 0.15) is 22.5 Å². The number of methoxy groups -OCH3 is 2. The van der Waals surface area contributed by atoms with Crippen LogP contribution in [0.1, 0.15) is 11.4 Å². The molecule has 0 saturated carbocycles. The van der Waals surface area contributed by atoms with Gasteiger partial charge in [-0.2, -0.15) is 0 Å². The van der Waals surface area contributed by atoms with Crippen LogP contribution in [0.3, 0.4) is 0 Å². The van der Waals surface area contributed by atoms with Gasteiger partial charge >= 0.3 is 0 Å². The van der Waals surface area contributed by atoms with Gasteiger partial charge in [0, 0.05) is 25.7 Å². The summed E-state index contributed by atoms with van der Waals surface area (Å²) in [4.78, 5) is 6.39. The Hall–Kier alpha value is -1.76. The van der Waals surface area contributed by atoms with Gasteiger partial charge < -0.3 is 19.1 Å². The number of hydrogen-bond donors (Lipinski definition) is 1. The molecule has 0 fully saturated rings. The number of halogens is 1. The Morgan fingerprint density at radius 2 is 2.04 bits per heavy atom. The van der Waals surface area contributed by atoms with E-state index >= 15 is 0 Å². The Labute approximate surface area is 141 Å². The highest BCUT2D eigenvalue weighted by Crippen LogP contribution is 2.25. The zero-order valence-electron chi connectivity index (χ0n) is 13.6. The molecule has 7 heteroatoms. The van der Waals surface area contributed by atoms with Crippen molar-refractivity contribution in [2.45, 2.75) is 13.1 Å². The van der Waals surface area contributed by atoms with Crippen LogP contribution in [-0.2, 0) is 20.1 Å². The summed E-state index contributed by atoms with van der Waals surface area (Å²) in [6, 6.07) is 5.68. The van der Waals surface area contributed by atoms with Crippen molar-refractivity contribution in [3.63, 3.8) is 0 Å². The second kappa shape index (κ2) is 8.19. The predicted octanol–water partition coefficient (Wildman–Crippen LogP) is 2.09. The van der Waals surface area contributed by atoms with E-state index in [4.69, 9.17) is 21.1 Å². The molecule has 0 radical (unpaired) electrons. The van der Waals surface area contributed by atoms with Gasteiger partial charge in [-0.05, 0) is 18.2 Å². The molecule has 6 nitrogen and oxygen atoms in total. The average Bonchev–Trinajstić information content (AvgIpc) is 2.87. The van der Waals surface area contributed by atoms with Crippen LogP contribution in [0, 0.1) is 0 Å². The average molecular weight is 340 g/mol. The lowest BCUT2D eigenvalue weighted by Gasteiger charge is -2.22. The van der Waals surface area contributed by atoms with Crippen LogP contribution in [0.4, 0.5) is 0 Å². The van der Waals surface area contributed by atoms with Gasteiger partial charge in [-0.25, -0.2) is 4.98 Å². The fourth-order valence-electron chi connectivity index (χ4n) is 2.37. The third-order valence-electron chi connectivity index (χ3n) is 3.69. The molecule has 0 aliphatic carbocycles. The van der Waals surface area contributed by atoms with Crippen molar-refractivity contribution in [3.8, 4) is 11.5 Å². The second-order valence-electron chi connectivity index (χ2n) is 5.17. The first kappa shape index (κ1) is 17.6. The quantitative estimate of drug-likeness (QED) is 0.798. The maximum atomic E-state index is 9.34. The highest BCUT2D eigenvalue weighted by molar-refractivity contribution is 6.29. The molecule has 0 unspecified atom stereocenters. The first-order chi connectivity index (χ1) is 11.1. The number of aromatic nitrogens is 2. The summed E-state index contributed by atoms with van der Waals surface area (Å²) in [6.45, 7) is 1.75. The Morgan fingerprint density at radius 1 is 1.26 bits per heavy atom. The van der Waals surface area contributed by atoms with Crippen molar-refractivity contribution in [1.29, 1.82) is 0 Å². The molecule has 0 spiro atoms. The number of benzene rings is 1. The molecule has 0 aliphatic rings. The van der Waals surface area contributed by atoms with E-state index in [2.05, 4.69) is 9.88 Å². The van der Waals surface area contributed by atoms with Gasteiger partial charge in [0.05, 0.1) is 33.6 Å². The molecule has 0 atom stereocenters. The molecule has 0 bridgehead atoms. The number of ether oxygens (including phenoxy) is 2. The molecule has 2 aromatic rings. The van der Waals surface area contributed by atoms with Crippen LogP contribution >= 0.6 is 11.6 Å². The van der Waals surface area contributed by atoms with Crippen LogP contribution in [0.5, 0.6) is 11.5 Å². The Kier molecular flexibility index (Phi) is 6.27. The number of rotatable bonds is 8. The molecular formula is C16H22ClN3O3. The largest absolute Gasteiger partial charge is 0.497 e. The number of nitrogens with zero attached hydrogens (tertiary/aromatic N) is 3. The van der Waals surface area contributed by atoms with E-state index in [1.54, 1.807) is 20.4 Å². The lowest BCUT2D eigenvalue weighted by molar-refractivity contribution is 0.178. The van der Waals surface area contributed by atoms with E-state index in [9.17, 15) is 5.11 Å². The molecule has 1 heterocycles. The molecule has 126 valence electrons. The predicted molar refractivity (Wildman–Crippen MR) is 89.0 cm³/mol. The van der Waals surface area contributed by atoms with Crippen molar-refractivity contribution in [2.24, 2.45) is 7.05 Å². The van der Waals surface area contributed by atoms with Crippen LogP contribution in [0.15, 0.2) is 24.4 Å². The first-order valence-corrected chi connectivity index (χ1v) is 7.67. The number of hydrogen-bond acceptors (Lipinski definition) is 5. The third-order valence-corrected chi connectivity index (χ3v) is 4.04. The van der Waals surface area contributed by atoms with Crippen LogP contribution in [-0.4, -0.2) is 46.9 Å². The van der Waals surface area contributed by atoms with E-state index in [0.29, 0.717) is 24.8 Å². The van der Waals surface area contributed by atoms with Gasteiger partial charge in [-0.1, -0.05) is 11.6 Å². The Bertz CT molecular complexity index is 645. The Morgan fingerprint density at radius 3 is 2.61 bits per heavy atom. The molecule has 1 aromatic heterocycles. The fraction of sp³-hybridized carbons (Fsp3) is 0.438. The summed E-state index contributed by atoms with van der Waals surface area (Å²) in [5.41, 5.74) is 0.987. The SMILES string of the molecule is COc1ccc(OC)c(CN(CCO)Cc2ncc(Cl)n2C)c1. The lowest BCUT2D eigenvalue weighted by atomic mass is 10.1. The van der Waals surface area contributed by atoms with Crippen molar-refractivity contribution in [1.82, 2.24) is 14.5 Å². The molecule has 23 heavy (non-hydrogen) atoms. The first-order valence-electron chi connectivity index (χ1n) is 7.29. The highest BCUT2D eigenvalue weighted by Gasteiger charge is 2.14. The van der Waals surface area contributed by atoms with Gasteiger partial charge in [0.2, 0.25) is 0 Å². The van der Waals surface area contributed by atoms with Gasteiger partial charge in [-0.3, -0.25) is 4.90 Å². The summed E-state index contributed by atoms with van der Waals surface area (Å²) in [7, 11) is 5.14. The minimum atomic E-state index is 0.0600. The van der Waals surface area contributed by atoms with Gasteiger partial charge in [0.25, 0.3) is 0 Å². The van der Waals surface area contributed by atoms with E-state index in [1.807, 2.05) is 29.8 Å². The summed E-state index contributed by atoms with van der Waals surface area (Å²) in [6.07, 6.45) is 1.63. The highest BCUT2D eigenvalue weighted by atomic mass is 35.5. The summed E-state index contributed by atoms with van der Waals surface area (Å²) in [5, 5.41) is 9.93. The zero-order valence-corrected chi connectivity index (χ0v) is 14.4. The number of imidazole rings is 1. The molecular weight excluding hydrogens is 318 g/mol. The molecule has 1 N–H and O–H groups in total. The topological polar surface area (TPSA) is 59.8 Å². The van der Waals surface area contributed by atoms with E-state index in [-0.39, 0.29) is 6.61 Å². The van der Waals surface area contributed by atoms with Crippen LogP contribution < -0.4 is 9.47 Å².